The number of fused-ring (bicyclic) bond motifs is 1. The van der Waals surface area contributed by atoms with E-state index < -0.39 is 30.8 Å². The number of hydrogen-bond acceptors (Lipinski definition) is 6. The summed E-state index contributed by atoms with van der Waals surface area (Å²) >= 11 is 0. The minimum atomic E-state index is -0.921. The summed E-state index contributed by atoms with van der Waals surface area (Å²) in [5.74, 6) is 0. The van der Waals surface area contributed by atoms with Crippen LogP contribution in [0.4, 0.5) is 0 Å². The Morgan fingerprint density at radius 3 is 2.70 bits per heavy atom. The smallest absolute Gasteiger partial charge is 0.185 e. The number of aliphatic hydroxyl groups is 1. The molecule has 0 aliphatic carbocycles. The lowest BCUT2D eigenvalue weighted by molar-refractivity contribution is -0.338. The van der Waals surface area contributed by atoms with E-state index in [4.69, 9.17) is 24.7 Å². The van der Waals surface area contributed by atoms with Gasteiger partial charge in [0.2, 0.25) is 0 Å². The lowest BCUT2D eigenvalue weighted by Gasteiger charge is -2.46. The molecular weight excluding hydrogens is 262 g/mol. The average Bonchev–Trinajstić information content (AvgIpc) is 2.51. The summed E-state index contributed by atoms with van der Waals surface area (Å²) in [6.07, 6.45) is -2.91. The molecule has 6 nitrogen and oxygen atoms in total. The number of nitrogens with two attached hydrogens (primary N) is 1. The second-order valence-electron chi connectivity index (χ2n) is 5.02. The van der Waals surface area contributed by atoms with Crippen molar-refractivity contribution in [3.63, 3.8) is 0 Å². The van der Waals surface area contributed by atoms with Crippen LogP contribution >= 0.6 is 0 Å². The van der Waals surface area contributed by atoms with Crippen LogP contribution in [0.3, 0.4) is 0 Å². The highest BCUT2D eigenvalue weighted by Crippen LogP contribution is 2.33. The SMILES string of the molecule is CO[C@@H]1O[C@H]2CO[C@H](c3ccccc3)O[C@@H]2[C@@H](N)[C@@H]1O. The van der Waals surface area contributed by atoms with Gasteiger partial charge in [-0.3, -0.25) is 0 Å². The van der Waals surface area contributed by atoms with Crippen molar-refractivity contribution in [2.75, 3.05) is 13.7 Å². The van der Waals surface area contributed by atoms with Gasteiger partial charge in [0.15, 0.2) is 12.6 Å². The van der Waals surface area contributed by atoms with Gasteiger partial charge in [0, 0.05) is 12.7 Å². The van der Waals surface area contributed by atoms with Gasteiger partial charge in [0.25, 0.3) is 0 Å². The minimum absolute atomic E-state index is 0.335. The molecule has 6 heteroatoms. The van der Waals surface area contributed by atoms with E-state index >= 15 is 0 Å². The average molecular weight is 281 g/mol. The van der Waals surface area contributed by atoms with Crippen LogP contribution in [0.1, 0.15) is 11.9 Å². The summed E-state index contributed by atoms with van der Waals surface area (Å²) in [5, 5.41) is 10.0. The Hall–Kier alpha value is -1.02. The lowest BCUT2D eigenvalue weighted by atomic mass is 9.96. The van der Waals surface area contributed by atoms with E-state index in [2.05, 4.69) is 0 Å². The number of aliphatic hydroxyl groups excluding tert-OH is 1. The molecule has 110 valence electrons. The Kier molecular flexibility index (Phi) is 4.02. The molecule has 1 aromatic rings. The van der Waals surface area contributed by atoms with E-state index in [1.807, 2.05) is 30.3 Å². The molecular formula is C14H19NO5. The van der Waals surface area contributed by atoms with E-state index in [9.17, 15) is 5.11 Å². The Bertz CT molecular complexity index is 440. The van der Waals surface area contributed by atoms with Crippen LogP contribution in [0, 0.1) is 0 Å². The van der Waals surface area contributed by atoms with E-state index in [-0.39, 0.29) is 6.10 Å². The second kappa shape index (κ2) is 5.77. The van der Waals surface area contributed by atoms with Gasteiger partial charge in [-0.1, -0.05) is 30.3 Å². The first-order chi connectivity index (χ1) is 9.70. The van der Waals surface area contributed by atoms with Crippen molar-refractivity contribution >= 4 is 0 Å². The molecule has 6 atom stereocenters. The number of hydrogen-bond donors (Lipinski definition) is 2. The van der Waals surface area contributed by atoms with Crippen molar-refractivity contribution in [3.8, 4) is 0 Å². The van der Waals surface area contributed by atoms with Crippen molar-refractivity contribution in [1.29, 1.82) is 0 Å². The summed E-state index contributed by atoms with van der Waals surface area (Å²) in [5.41, 5.74) is 6.97. The molecule has 0 aromatic heterocycles. The quantitative estimate of drug-likeness (QED) is 0.803. The van der Waals surface area contributed by atoms with Crippen molar-refractivity contribution < 1.29 is 24.1 Å². The van der Waals surface area contributed by atoms with Gasteiger partial charge in [0.05, 0.1) is 12.6 Å². The summed E-state index contributed by atoms with van der Waals surface area (Å²) in [7, 11) is 1.47. The fourth-order valence-corrected chi connectivity index (χ4v) is 2.61. The van der Waals surface area contributed by atoms with Crippen LogP contribution in [-0.4, -0.2) is 49.5 Å². The van der Waals surface area contributed by atoms with Gasteiger partial charge in [-0.25, -0.2) is 0 Å². The van der Waals surface area contributed by atoms with Crippen LogP contribution in [0.15, 0.2) is 30.3 Å². The molecule has 20 heavy (non-hydrogen) atoms. The van der Waals surface area contributed by atoms with Crippen LogP contribution in [0.2, 0.25) is 0 Å². The minimum Gasteiger partial charge on any atom is -0.386 e. The maximum absolute atomic E-state index is 10.0. The molecule has 3 N–H and O–H groups in total. The maximum atomic E-state index is 10.0. The van der Waals surface area contributed by atoms with Crippen molar-refractivity contribution in [3.05, 3.63) is 35.9 Å². The molecule has 2 heterocycles. The lowest BCUT2D eigenvalue weighted by Crippen LogP contribution is -2.65. The Labute approximate surface area is 117 Å². The highest BCUT2D eigenvalue weighted by atomic mass is 16.7. The standard InChI is InChI=1S/C14H19NO5/c1-17-14-11(16)10(15)12-9(19-14)7-18-13(20-12)8-5-3-2-4-6-8/h2-6,9-14,16H,7,15H2,1H3/t9-,10-,11-,12-,13-,14+/m0/s1. The Morgan fingerprint density at radius 2 is 2.00 bits per heavy atom. The number of rotatable bonds is 2. The molecule has 1 aromatic carbocycles. The molecule has 0 unspecified atom stereocenters. The normalized spacial score (nSPS) is 41.1. The monoisotopic (exact) mass is 281 g/mol. The molecule has 3 rings (SSSR count). The predicted molar refractivity (Wildman–Crippen MR) is 69.7 cm³/mol. The predicted octanol–water partition coefficient (Wildman–Crippen LogP) is 0.160. The largest absolute Gasteiger partial charge is 0.386 e. The van der Waals surface area contributed by atoms with Crippen LogP contribution in [0.25, 0.3) is 0 Å². The van der Waals surface area contributed by atoms with E-state index in [0.29, 0.717) is 6.61 Å². The van der Waals surface area contributed by atoms with Crippen molar-refractivity contribution in [2.45, 2.75) is 36.9 Å². The molecule has 0 spiro atoms. The molecule has 0 bridgehead atoms. The molecule has 2 fully saturated rings. The molecule has 0 radical (unpaired) electrons. The molecule has 0 saturated carbocycles. The number of ether oxygens (including phenoxy) is 4. The molecule has 2 aliphatic heterocycles. The molecule has 2 saturated heterocycles. The summed E-state index contributed by atoms with van der Waals surface area (Å²) < 4.78 is 22.2. The second-order valence-corrected chi connectivity index (χ2v) is 5.02. The fraction of sp³-hybridized carbons (Fsp3) is 0.571. The number of benzene rings is 1. The number of methoxy groups -OCH3 is 1. The maximum Gasteiger partial charge on any atom is 0.185 e. The van der Waals surface area contributed by atoms with Gasteiger partial charge >= 0.3 is 0 Å². The van der Waals surface area contributed by atoms with Gasteiger partial charge in [-0.05, 0) is 0 Å². The Morgan fingerprint density at radius 1 is 1.25 bits per heavy atom. The third-order valence-electron chi connectivity index (χ3n) is 3.72. The van der Waals surface area contributed by atoms with Crippen molar-refractivity contribution in [1.82, 2.24) is 0 Å². The third kappa shape index (κ3) is 2.46. The van der Waals surface area contributed by atoms with Crippen LogP contribution in [0.5, 0.6) is 0 Å². The molecule has 2 aliphatic rings. The zero-order valence-corrected chi connectivity index (χ0v) is 11.2. The zero-order chi connectivity index (χ0) is 14.1. The van der Waals surface area contributed by atoms with Gasteiger partial charge in [-0.2, -0.15) is 0 Å². The van der Waals surface area contributed by atoms with E-state index in [0.717, 1.165) is 5.56 Å². The topological polar surface area (TPSA) is 83.2 Å². The summed E-state index contributed by atoms with van der Waals surface area (Å²) in [6, 6.07) is 9.04. The van der Waals surface area contributed by atoms with Gasteiger partial charge < -0.3 is 29.8 Å². The first-order valence-corrected chi connectivity index (χ1v) is 6.64. The first-order valence-electron chi connectivity index (χ1n) is 6.64. The Balaban J connectivity index is 1.74. The third-order valence-corrected chi connectivity index (χ3v) is 3.72. The molecule has 0 amide bonds. The highest BCUT2D eigenvalue weighted by molar-refractivity contribution is 5.16. The van der Waals surface area contributed by atoms with E-state index in [1.165, 1.54) is 7.11 Å². The summed E-state index contributed by atoms with van der Waals surface area (Å²) in [6.45, 7) is 0.352. The highest BCUT2D eigenvalue weighted by Gasteiger charge is 2.48. The van der Waals surface area contributed by atoms with Gasteiger partial charge in [0.1, 0.15) is 18.3 Å². The van der Waals surface area contributed by atoms with Crippen molar-refractivity contribution in [2.24, 2.45) is 5.73 Å². The van der Waals surface area contributed by atoms with Gasteiger partial charge in [-0.15, -0.1) is 0 Å². The first kappa shape index (κ1) is 13.9. The van der Waals surface area contributed by atoms with Crippen LogP contribution < -0.4 is 5.73 Å². The van der Waals surface area contributed by atoms with Crippen LogP contribution in [-0.2, 0) is 18.9 Å². The van der Waals surface area contributed by atoms with E-state index in [1.54, 1.807) is 0 Å². The fourth-order valence-electron chi connectivity index (χ4n) is 2.61. The summed E-state index contributed by atoms with van der Waals surface area (Å²) in [4.78, 5) is 0. The zero-order valence-electron chi connectivity index (χ0n) is 11.2.